The maximum absolute atomic E-state index is 8.61. The summed E-state index contributed by atoms with van der Waals surface area (Å²) in [5.74, 6) is -0.119. The van der Waals surface area contributed by atoms with Crippen LogP contribution in [0, 0.1) is 11.3 Å². The van der Waals surface area contributed by atoms with Gasteiger partial charge in [0, 0.05) is 12.5 Å². The van der Waals surface area contributed by atoms with Crippen molar-refractivity contribution < 1.29 is 4.74 Å². The van der Waals surface area contributed by atoms with E-state index in [0.717, 1.165) is 10.7 Å². The quantitative estimate of drug-likeness (QED) is 0.717. The highest BCUT2D eigenvalue weighted by molar-refractivity contribution is 7.09. The molecule has 0 aromatic carbocycles. The molecule has 1 aromatic heterocycles. The van der Waals surface area contributed by atoms with E-state index in [2.05, 4.69) is 11.1 Å². The molecule has 0 aliphatic carbocycles. The SMILES string of the molecule is COCc1nc(C(C)C#N)cs1. The first-order chi connectivity index (χ1) is 5.77. The van der Waals surface area contributed by atoms with Crippen molar-refractivity contribution in [2.45, 2.75) is 19.4 Å². The smallest absolute Gasteiger partial charge is 0.119 e. The van der Waals surface area contributed by atoms with Crippen molar-refractivity contribution in [3.05, 3.63) is 16.1 Å². The van der Waals surface area contributed by atoms with Crippen molar-refractivity contribution in [1.82, 2.24) is 4.98 Å². The molecule has 1 unspecified atom stereocenters. The number of hydrogen-bond donors (Lipinski definition) is 0. The molecule has 1 rings (SSSR count). The Bertz CT molecular complexity index is 289. The van der Waals surface area contributed by atoms with Crippen LogP contribution in [0.3, 0.4) is 0 Å². The van der Waals surface area contributed by atoms with E-state index in [1.54, 1.807) is 7.11 Å². The summed E-state index contributed by atoms with van der Waals surface area (Å²) >= 11 is 1.53. The predicted molar refractivity (Wildman–Crippen MR) is 46.9 cm³/mol. The average Bonchev–Trinajstić information content (AvgIpc) is 2.52. The Morgan fingerprint density at radius 2 is 2.58 bits per heavy atom. The third-order valence-corrected chi connectivity index (χ3v) is 2.32. The Kier molecular flexibility index (Phi) is 3.20. The van der Waals surface area contributed by atoms with Gasteiger partial charge < -0.3 is 4.74 Å². The second-order valence-corrected chi connectivity index (χ2v) is 3.39. The largest absolute Gasteiger partial charge is 0.378 e. The first-order valence-corrected chi connectivity index (χ1v) is 4.48. The zero-order valence-corrected chi connectivity index (χ0v) is 7.89. The fourth-order valence-electron chi connectivity index (χ4n) is 0.780. The first kappa shape index (κ1) is 9.17. The molecule has 0 amide bonds. The van der Waals surface area contributed by atoms with Crippen molar-refractivity contribution in [3.8, 4) is 6.07 Å². The molecule has 0 N–H and O–H groups in total. The molecule has 0 spiro atoms. The van der Waals surface area contributed by atoms with Crippen LogP contribution >= 0.6 is 11.3 Å². The van der Waals surface area contributed by atoms with Crippen LogP contribution in [0.1, 0.15) is 23.5 Å². The van der Waals surface area contributed by atoms with Crippen LogP contribution in [-0.4, -0.2) is 12.1 Å². The fraction of sp³-hybridized carbons (Fsp3) is 0.500. The molecule has 1 heterocycles. The van der Waals surface area contributed by atoms with Crippen LogP contribution in [0.5, 0.6) is 0 Å². The Hall–Kier alpha value is -0.920. The molecule has 4 heteroatoms. The predicted octanol–water partition coefficient (Wildman–Crippen LogP) is 1.92. The van der Waals surface area contributed by atoms with Crippen molar-refractivity contribution in [2.75, 3.05) is 7.11 Å². The summed E-state index contributed by atoms with van der Waals surface area (Å²) in [5, 5.41) is 11.4. The summed E-state index contributed by atoms with van der Waals surface area (Å²) in [6.45, 7) is 2.37. The minimum absolute atomic E-state index is 0.119. The summed E-state index contributed by atoms with van der Waals surface area (Å²) in [6, 6.07) is 2.14. The Labute approximate surface area is 75.6 Å². The van der Waals surface area contributed by atoms with Gasteiger partial charge in [0.2, 0.25) is 0 Å². The molecule has 0 bridgehead atoms. The monoisotopic (exact) mass is 182 g/mol. The number of ether oxygens (including phenoxy) is 1. The van der Waals surface area contributed by atoms with Crippen molar-refractivity contribution in [2.24, 2.45) is 0 Å². The van der Waals surface area contributed by atoms with Gasteiger partial charge in [0.05, 0.1) is 24.3 Å². The number of hydrogen-bond acceptors (Lipinski definition) is 4. The van der Waals surface area contributed by atoms with Gasteiger partial charge in [-0.2, -0.15) is 5.26 Å². The summed E-state index contributed by atoms with van der Waals surface area (Å²) in [7, 11) is 1.63. The normalized spacial score (nSPS) is 12.4. The topological polar surface area (TPSA) is 45.9 Å². The van der Waals surface area contributed by atoms with E-state index < -0.39 is 0 Å². The van der Waals surface area contributed by atoms with Gasteiger partial charge in [-0.05, 0) is 6.92 Å². The highest BCUT2D eigenvalue weighted by Gasteiger charge is 2.08. The minimum Gasteiger partial charge on any atom is -0.378 e. The van der Waals surface area contributed by atoms with Crippen LogP contribution in [0.2, 0.25) is 0 Å². The molecular weight excluding hydrogens is 172 g/mol. The zero-order chi connectivity index (χ0) is 8.97. The summed E-state index contributed by atoms with van der Waals surface area (Å²) < 4.78 is 4.92. The standard InChI is InChI=1S/C8H10N2OS/c1-6(3-9)7-5-12-8(10-7)4-11-2/h5-6H,4H2,1-2H3. The van der Waals surface area contributed by atoms with Crippen molar-refractivity contribution in [3.63, 3.8) is 0 Å². The molecule has 1 aromatic rings. The van der Waals surface area contributed by atoms with Gasteiger partial charge >= 0.3 is 0 Å². The highest BCUT2D eigenvalue weighted by atomic mass is 32.1. The Morgan fingerprint density at radius 1 is 1.83 bits per heavy atom. The molecule has 64 valence electrons. The second kappa shape index (κ2) is 4.19. The van der Waals surface area contributed by atoms with Gasteiger partial charge in [-0.3, -0.25) is 0 Å². The molecule has 0 aliphatic rings. The number of nitrogens with zero attached hydrogens (tertiary/aromatic N) is 2. The summed E-state index contributed by atoms with van der Waals surface area (Å²) in [4.78, 5) is 4.24. The molecule has 0 fully saturated rings. The summed E-state index contributed by atoms with van der Waals surface area (Å²) in [5.41, 5.74) is 0.842. The Morgan fingerprint density at radius 3 is 3.17 bits per heavy atom. The molecule has 0 radical (unpaired) electrons. The minimum atomic E-state index is -0.119. The first-order valence-electron chi connectivity index (χ1n) is 3.60. The Balaban J connectivity index is 2.71. The fourth-order valence-corrected chi connectivity index (χ4v) is 1.64. The average molecular weight is 182 g/mol. The molecule has 0 aliphatic heterocycles. The van der Waals surface area contributed by atoms with Gasteiger partial charge in [-0.15, -0.1) is 11.3 Å². The van der Waals surface area contributed by atoms with Gasteiger partial charge in [0.1, 0.15) is 5.01 Å². The molecule has 0 saturated heterocycles. The molecule has 12 heavy (non-hydrogen) atoms. The van der Waals surface area contributed by atoms with E-state index in [9.17, 15) is 0 Å². The van der Waals surface area contributed by atoms with Crippen LogP contribution in [0.25, 0.3) is 0 Å². The number of methoxy groups -OCH3 is 1. The van der Waals surface area contributed by atoms with Gasteiger partial charge in [0.15, 0.2) is 0 Å². The van der Waals surface area contributed by atoms with E-state index >= 15 is 0 Å². The van der Waals surface area contributed by atoms with E-state index in [-0.39, 0.29) is 5.92 Å². The van der Waals surface area contributed by atoms with Gasteiger partial charge in [0.25, 0.3) is 0 Å². The number of aromatic nitrogens is 1. The van der Waals surface area contributed by atoms with Crippen LogP contribution in [0.15, 0.2) is 5.38 Å². The van der Waals surface area contributed by atoms with E-state index in [0.29, 0.717) is 6.61 Å². The molecule has 1 atom stereocenters. The maximum atomic E-state index is 8.61. The number of nitriles is 1. The van der Waals surface area contributed by atoms with E-state index in [4.69, 9.17) is 10.00 Å². The lowest BCUT2D eigenvalue weighted by Crippen LogP contribution is -1.91. The third kappa shape index (κ3) is 2.03. The lowest BCUT2D eigenvalue weighted by atomic mass is 10.1. The van der Waals surface area contributed by atoms with Gasteiger partial charge in [-0.1, -0.05) is 0 Å². The van der Waals surface area contributed by atoms with Crippen LogP contribution in [-0.2, 0) is 11.3 Å². The second-order valence-electron chi connectivity index (χ2n) is 2.45. The molecule has 3 nitrogen and oxygen atoms in total. The van der Waals surface area contributed by atoms with Gasteiger partial charge in [-0.25, -0.2) is 4.98 Å². The highest BCUT2D eigenvalue weighted by Crippen LogP contribution is 2.17. The summed E-state index contributed by atoms with van der Waals surface area (Å²) in [6.07, 6.45) is 0. The molecule has 0 saturated carbocycles. The van der Waals surface area contributed by atoms with Crippen molar-refractivity contribution in [1.29, 1.82) is 5.26 Å². The van der Waals surface area contributed by atoms with Crippen LogP contribution in [0.4, 0.5) is 0 Å². The molecular formula is C8H10N2OS. The van der Waals surface area contributed by atoms with Crippen molar-refractivity contribution >= 4 is 11.3 Å². The third-order valence-electron chi connectivity index (χ3n) is 1.47. The van der Waals surface area contributed by atoms with E-state index in [1.807, 2.05) is 12.3 Å². The van der Waals surface area contributed by atoms with E-state index in [1.165, 1.54) is 11.3 Å². The zero-order valence-electron chi connectivity index (χ0n) is 7.07. The van der Waals surface area contributed by atoms with Crippen LogP contribution < -0.4 is 0 Å². The lowest BCUT2D eigenvalue weighted by Gasteiger charge is -1.94. The number of rotatable bonds is 3. The maximum Gasteiger partial charge on any atom is 0.119 e. The number of thiazole rings is 1. The lowest BCUT2D eigenvalue weighted by molar-refractivity contribution is 0.184.